The van der Waals surface area contributed by atoms with E-state index in [9.17, 15) is 0 Å². The fourth-order valence-corrected chi connectivity index (χ4v) is 2.65. The molecule has 0 aliphatic heterocycles. The normalized spacial score (nSPS) is 13.5. The third-order valence-corrected chi connectivity index (χ3v) is 3.86. The van der Waals surface area contributed by atoms with Crippen molar-refractivity contribution in [2.75, 3.05) is 6.54 Å². The Morgan fingerprint density at radius 1 is 1.14 bits per heavy atom. The van der Waals surface area contributed by atoms with Gasteiger partial charge in [-0.1, -0.05) is 52.0 Å². The van der Waals surface area contributed by atoms with Gasteiger partial charge in [-0.05, 0) is 42.7 Å². The van der Waals surface area contributed by atoms with E-state index in [0.717, 1.165) is 19.4 Å². The first-order valence-electron chi connectivity index (χ1n) is 8.08. The molecule has 2 nitrogen and oxygen atoms in total. The lowest BCUT2D eigenvalue weighted by Gasteiger charge is -2.24. The fraction of sp³-hybridized carbons (Fsp3) is 0.526. The largest absolute Gasteiger partial charge is 0.309 e. The van der Waals surface area contributed by atoms with E-state index in [2.05, 4.69) is 63.3 Å². The lowest BCUT2D eigenvalue weighted by atomic mass is 9.87. The molecule has 0 fully saturated rings. The summed E-state index contributed by atoms with van der Waals surface area (Å²) in [4.78, 5) is 4.70. The zero-order chi connectivity index (χ0) is 15.3. The molecule has 21 heavy (non-hydrogen) atoms. The minimum atomic E-state index is 0.343. The smallest absolute Gasteiger partial charge is 0.0651 e. The summed E-state index contributed by atoms with van der Waals surface area (Å²) in [5.41, 5.74) is 1.56. The standard InChI is InChI=1S/C19H28N2/c1-5-13-20-17(10-12-19(2,3)4)18-16-9-7-6-8-15(16)11-14-21-18/h6-9,11,14,17,20H,5,10,12-13H2,1-4H3. The number of rotatable bonds is 6. The molecule has 2 aromatic rings. The van der Waals surface area contributed by atoms with Crippen LogP contribution in [-0.4, -0.2) is 11.5 Å². The Bertz CT molecular complexity index is 564. The Balaban J connectivity index is 2.29. The minimum Gasteiger partial charge on any atom is -0.309 e. The molecule has 1 heterocycles. The van der Waals surface area contributed by atoms with E-state index < -0.39 is 0 Å². The van der Waals surface area contributed by atoms with Crippen molar-refractivity contribution in [3.05, 3.63) is 42.2 Å². The molecule has 0 aliphatic carbocycles. The van der Waals surface area contributed by atoms with E-state index in [1.807, 2.05) is 6.20 Å². The van der Waals surface area contributed by atoms with Crippen LogP contribution in [-0.2, 0) is 0 Å². The summed E-state index contributed by atoms with van der Waals surface area (Å²) in [5, 5.41) is 6.25. The van der Waals surface area contributed by atoms with Crippen LogP contribution in [0, 0.1) is 5.41 Å². The molecule has 0 aliphatic rings. The van der Waals surface area contributed by atoms with Crippen LogP contribution in [0.15, 0.2) is 36.5 Å². The first-order chi connectivity index (χ1) is 10.0. The first kappa shape index (κ1) is 16.0. The summed E-state index contributed by atoms with van der Waals surface area (Å²) in [6.07, 6.45) is 5.41. The van der Waals surface area contributed by atoms with E-state index >= 15 is 0 Å². The second-order valence-electron chi connectivity index (χ2n) is 7.02. The fourth-order valence-electron chi connectivity index (χ4n) is 2.65. The highest BCUT2D eigenvalue weighted by Gasteiger charge is 2.19. The van der Waals surface area contributed by atoms with Crippen molar-refractivity contribution in [2.24, 2.45) is 5.41 Å². The number of benzene rings is 1. The topological polar surface area (TPSA) is 24.9 Å². The van der Waals surface area contributed by atoms with Crippen LogP contribution < -0.4 is 5.32 Å². The van der Waals surface area contributed by atoms with Crippen LogP contribution in [0.4, 0.5) is 0 Å². The van der Waals surface area contributed by atoms with E-state index in [1.54, 1.807) is 0 Å². The van der Waals surface area contributed by atoms with Crippen LogP contribution in [0.5, 0.6) is 0 Å². The minimum absolute atomic E-state index is 0.343. The van der Waals surface area contributed by atoms with Crippen molar-refractivity contribution in [1.29, 1.82) is 0 Å². The molecule has 0 saturated heterocycles. The summed E-state index contributed by atoms with van der Waals surface area (Å²) >= 11 is 0. The van der Waals surface area contributed by atoms with Gasteiger partial charge in [-0.2, -0.15) is 0 Å². The number of nitrogens with one attached hydrogen (secondary N) is 1. The molecular weight excluding hydrogens is 256 g/mol. The lowest BCUT2D eigenvalue weighted by molar-refractivity contribution is 0.330. The predicted molar refractivity (Wildman–Crippen MR) is 91.5 cm³/mol. The number of pyridine rings is 1. The highest BCUT2D eigenvalue weighted by Crippen LogP contribution is 2.29. The molecule has 1 aromatic heterocycles. The Morgan fingerprint density at radius 3 is 2.62 bits per heavy atom. The third-order valence-electron chi connectivity index (χ3n) is 3.86. The molecule has 1 unspecified atom stereocenters. The van der Waals surface area contributed by atoms with Crippen LogP contribution in [0.1, 0.15) is 58.7 Å². The quantitative estimate of drug-likeness (QED) is 0.798. The molecule has 2 heteroatoms. The summed E-state index contributed by atoms with van der Waals surface area (Å²) < 4.78 is 0. The molecule has 1 atom stereocenters. The summed E-state index contributed by atoms with van der Waals surface area (Å²) in [7, 11) is 0. The van der Waals surface area contributed by atoms with Gasteiger partial charge in [-0.25, -0.2) is 0 Å². The van der Waals surface area contributed by atoms with Crippen molar-refractivity contribution in [1.82, 2.24) is 10.3 Å². The Kier molecular flexibility index (Phi) is 5.35. The second kappa shape index (κ2) is 7.04. The summed E-state index contributed by atoms with van der Waals surface area (Å²) in [5.74, 6) is 0. The zero-order valence-corrected chi connectivity index (χ0v) is 13.8. The molecular formula is C19H28N2. The maximum absolute atomic E-state index is 4.70. The number of nitrogens with zero attached hydrogens (tertiary/aromatic N) is 1. The number of hydrogen-bond donors (Lipinski definition) is 1. The maximum Gasteiger partial charge on any atom is 0.0651 e. The lowest BCUT2D eigenvalue weighted by Crippen LogP contribution is -2.24. The van der Waals surface area contributed by atoms with Gasteiger partial charge in [0.15, 0.2) is 0 Å². The second-order valence-corrected chi connectivity index (χ2v) is 7.02. The Hall–Kier alpha value is -1.41. The average Bonchev–Trinajstić information content (AvgIpc) is 2.46. The van der Waals surface area contributed by atoms with Gasteiger partial charge in [0.1, 0.15) is 0 Å². The molecule has 0 bridgehead atoms. The summed E-state index contributed by atoms with van der Waals surface area (Å²) in [6, 6.07) is 11.0. The van der Waals surface area contributed by atoms with Crippen molar-refractivity contribution in [3.8, 4) is 0 Å². The van der Waals surface area contributed by atoms with Crippen molar-refractivity contribution in [3.63, 3.8) is 0 Å². The van der Waals surface area contributed by atoms with E-state index in [-0.39, 0.29) is 0 Å². The van der Waals surface area contributed by atoms with Gasteiger partial charge in [-0.15, -0.1) is 0 Å². The first-order valence-corrected chi connectivity index (χ1v) is 8.08. The van der Waals surface area contributed by atoms with Gasteiger partial charge in [0.2, 0.25) is 0 Å². The van der Waals surface area contributed by atoms with Gasteiger partial charge in [0.25, 0.3) is 0 Å². The number of hydrogen-bond acceptors (Lipinski definition) is 2. The van der Waals surface area contributed by atoms with Crippen molar-refractivity contribution >= 4 is 10.8 Å². The predicted octanol–water partition coefficient (Wildman–Crippen LogP) is 5.10. The van der Waals surface area contributed by atoms with Crippen molar-refractivity contribution in [2.45, 2.75) is 53.0 Å². The SMILES string of the molecule is CCCNC(CCC(C)(C)C)c1nccc2ccccc12. The van der Waals surface area contributed by atoms with Gasteiger partial charge in [0.05, 0.1) is 11.7 Å². The van der Waals surface area contributed by atoms with Crippen LogP contribution in [0.25, 0.3) is 10.8 Å². The molecule has 1 N–H and O–H groups in total. The van der Waals surface area contributed by atoms with Crippen LogP contribution >= 0.6 is 0 Å². The van der Waals surface area contributed by atoms with Gasteiger partial charge < -0.3 is 5.32 Å². The highest BCUT2D eigenvalue weighted by atomic mass is 14.9. The molecule has 0 saturated carbocycles. The molecule has 114 valence electrons. The zero-order valence-electron chi connectivity index (χ0n) is 13.8. The average molecular weight is 284 g/mol. The highest BCUT2D eigenvalue weighted by molar-refractivity contribution is 5.84. The van der Waals surface area contributed by atoms with Crippen LogP contribution in [0.3, 0.4) is 0 Å². The van der Waals surface area contributed by atoms with Crippen LogP contribution in [0.2, 0.25) is 0 Å². The van der Waals surface area contributed by atoms with E-state index in [4.69, 9.17) is 4.98 Å². The van der Waals surface area contributed by atoms with Crippen molar-refractivity contribution < 1.29 is 0 Å². The number of fused-ring (bicyclic) bond motifs is 1. The van der Waals surface area contributed by atoms with Gasteiger partial charge >= 0.3 is 0 Å². The molecule has 1 aromatic carbocycles. The van der Waals surface area contributed by atoms with E-state index in [0.29, 0.717) is 11.5 Å². The summed E-state index contributed by atoms with van der Waals surface area (Å²) in [6.45, 7) is 10.2. The molecule has 0 spiro atoms. The monoisotopic (exact) mass is 284 g/mol. The Morgan fingerprint density at radius 2 is 1.90 bits per heavy atom. The maximum atomic E-state index is 4.70. The Labute approximate surface area is 129 Å². The molecule has 0 radical (unpaired) electrons. The number of aromatic nitrogens is 1. The molecule has 0 amide bonds. The molecule has 2 rings (SSSR count). The van der Waals surface area contributed by atoms with Gasteiger partial charge in [0, 0.05) is 11.6 Å². The third kappa shape index (κ3) is 4.53. The van der Waals surface area contributed by atoms with E-state index in [1.165, 1.54) is 22.9 Å². The van der Waals surface area contributed by atoms with Gasteiger partial charge in [-0.3, -0.25) is 4.98 Å².